The molecular weight excluding hydrogens is 534 g/mol. The number of nitrogens with zero attached hydrogens (tertiary/aromatic N) is 1. The lowest BCUT2D eigenvalue weighted by atomic mass is 9.97. The van der Waals surface area contributed by atoms with E-state index in [1.807, 2.05) is 106 Å². The van der Waals surface area contributed by atoms with Crippen LogP contribution in [-0.4, -0.2) is 56.5 Å². The Labute approximate surface area is 246 Å². The topological polar surface area (TPSA) is 98.7 Å². The van der Waals surface area contributed by atoms with Gasteiger partial charge in [-0.2, -0.15) is 0 Å². The molecule has 1 fully saturated rings. The summed E-state index contributed by atoms with van der Waals surface area (Å²) >= 11 is 1.50. The smallest absolute Gasteiger partial charge is 0.254 e. The highest BCUT2D eigenvalue weighted by Gasteiger charge is 2.49. The maximum atomic E-state index is 13.8. The van der Waals surface area contributed by atoms with Crippen LogP contribution in [0.3, 0.4) is 0 Å². The summed E-state index contributed by atoms with van der Waals surface area (Å²) < 4.78 is -0.556. The first-order valence-corrected chi connectivity index (χ1v) is 15.0. The summed E-state index contributed by atoms with van der Waals surface area (Å²) in [6.07, 6.45) is -0.460. The van der Waals surface area contributed by atoms with Crippen LogP contribution in [0.15, 0.2) is 84.9 Å². The van der Waals surface area contributed by atoms with Gasteiger partial charge in [0.2, 0.25) is 11.8 Å². The fourth-order valence-corrected chi connectivity index (χ4v) is 6.27. The quantitative estimate of drug-likeness (QED) is 0.322. The first-order valence-electron chi connectivity index (χ1n) is 14.0. The highest BCUT2D eigenvalue weighted by atomic mass is 32.2. The molecule has 0 spiro atoms. The lowest BCUT2D eigenvalue weighted by Crippen LogP contribution is -2.58. The Kier molecular flexibility index (Phi) is 10.2. The van der Waals surface area contributed by atoms with Gasteiger partial charge in [-0.25, -0.2) is 0 Å². The minimum atomic E-state index is -1.52. The van der Waals surface area contributed by atoms with E-state index in [4.69, 9.17) is 0 Å². The van der Waals surface area contributed by atoms with Crippen molar-refractivity contribution in [3.63, 3.8) is 0 Å². The number of hydrogen-bond donors (Lipinski definition) is 3. The third kappa shape index (κ3) is 7.99. The predicted octanol–water partition coefficient (Wildman–Crippen LogP) is 4.01. The Morgan fingerprint density at radius 3 is 2.22 bits per heavy atom. The van der Waals surface area contributed by atoms with Crippen LogP contribution in [0.2, 0.25) is 0 Å². The second kappa shape index (κ2) is 13.8. The first-order chi connectivity index (χ1) is 19.7. The molecule has 3 atom stereocenters. The molecule has 3 unspecified atom stereocenters. The number of amides is 3. The van der Waals surface area contributed by atoms with E-state index in [0.29, 0.717) is 13.0 Å². The van der Waals surface area contributed by atoms with Gasteiger partial charge in [-0.05, 0) is 55.9 Å². The van der Waals surface area contributed by atoms with Crippen molar-refractivity contribution in [1.82, 2.24) is 15.5 Å². The van der Waals surface area contributed by atoms with Gasteiger partial charge in [0.15, 0.2) is 6.10 Å². The molecule has 0 aromatic heterocycles. The van der Waals surface area contributed by atoms with Crippen molar-refractivity contribution in [3.05, 3.63) is 107 Å². The average molecular weight is 574 g/mol. The van der Waals surface area contributed by atoms with Crippen molar-refractivity contribution in [1.29, 1.82) is 0 Å². The molecule has 0 bridgehead atoms. The Hall–Kier alpha value is -3.62. The van der Waals surface area contributed by atoms with Gasteiger partial charge in [0.1, 0.15) is 6.04 Å². The zero-order chi connectivity index (χ0) is 29.4. The van der Waals surface area contributed by atoms with Gasteiger partial charge in [-0.1, -0.05) is 84.9 Å². The van der Waals surface area contributed by atoms with Crippen LogP contribution < -0.4 is 10.6 Å². The molecule has 1 aliphatic heterocycles. The molecular formula is C33H39N3O4S. The Bertz CT molecular complexity index is 1330. The van der Waals surface area contributed by atoms with E-state index in [1.54, 1.807) is 0 Å². The molecule has 216 valence electrons. The molecule has 0 radical (unpaired) electrons. The second-order valence-corrected chi connectivity index (χ2v) is 12.6. The van der Waals surface area contributed by atoms with Crippen molar-refractivity contribution < 1.29 is 19.5 Å². The van der Waals surface area contributed by atoms with Crippen molar-refractivity contribution in [3.8, 4) is 0 Å². The number of carbonyl (C=O) groups excluding carboxylic acids is 3. The number of aliphatic hydroxyl groups is 1. The molecule has 0 aliphatic carbocycles. The minimum absolute atomic E-state index is 0.229. The number of aliphatic hydroxyl groups excluding tert-OH is 1. The molecule has 41 heavy (non-hydrogen) atoms. The third-order valence-electron chi connectivity index (χ3n) is 7.55. The average Bonchev–Trinajstić information content (AvgIpc) is 3.30. The maximum absolute atomic E-state index is 13.8. The molecule has 8 heteroatoms. The monoisotopic (exact) mass is 573 g/mol. The van der Waals surface area contributed by atoms with E-state index in [0.717, 1.165) is 22.3 Å². The summed E-state index contributed by atoms with van der Waals surface area (Å²) in [5.41, 5.74) is 4.00. The molecule has 3 aromatic rings. The van der Waals surface area contributed by atoms with E-state index in [2.05, 4.69) is 10.6 Å². The van der Waals surface area contributed by atoms with Crippen LogP contribution in [-0.2, 0) is 33.8 Å². The van der Waals surface area contributed by atoms with Gasteiger partial charge in [0.25, 0.3) is 5.91 Å². The normalized spacial score (nSPS) is 17.5. The number of aryl methyl sites for hydroxylation is 2. The Morgan fingerprint density at radius 2 is 1.56 bits per heavy atom. The number of nitrogens with one attached hydrogen (secondary N) is 2. The van der Waals surface area contributed by atoms with Crippen LogP contribution in [0, 0.1) is 6.92 Å². The Balaban J connectivity index is 1.48. The number of rotatable bonds is 11. The third-order valence-corrected chi connectivity index (χ3v) is 8.93. The highest BCUT2D eigenvalue weighted by Crippen LogP contribution is 2.40. The van der Waals surface area contributed by atoms with Gasteiger partial charge in [0.05, 0.1) is 11.9 Å². The van der Waals surface area contributed by atoms with E-state index < -0.39 is 28.8 Å². The summed E-state index contributed by atoms with van der Waals surface area (Å²) in [6, 6.07) is 25.4. The molecule has 7 nitrogen and oxygen atoms in total. The molecule has 1 heterocycles. The van der Waals surface area contributed by atoms with Crippen LogP contribution in [0.25, 0.3) is 0 Å². The van der Waals surface area contributed by atoms with Crippen molar-refractivity contribution in [2.24, 2.45) is 0 Å². The molecule has 3 amide bonds. The highest BCUT2D eigenvalue weighted by molar-refractivity contribution is 8.00. The van der Waals surface area contributed by atoms with Crippen molar-refractivity contribution in [2.75, 3.05) is 5.88 Å². The largest absolute Gasteiger partial charge is 0.381 e. The standard InChI is InChI=1S/C33H39N3O4S/c1-23-12-10-11-17-26(23)21-34-31(39)30-33(2,3)41-22-36(30)32(40)29(38)27(20-25-15-8-5-9-16-25)35-28(37)19-18-24-13-6-4-7-14-24/h4-17,27,29-30,38H,18-22H2,1-3H3,(H,34,39)(H,35,37). The first kappa shape index (κ1) is 30.3. The van der Waals surface area contributed by atoms with Crippen LogP contribution >= 0.6 is 11.8 Å². The molecule has 3 aromatic carbocycles. The van der Waals surface area contributed by atoms with Gasteiger partial charge < -0.3 is 20.6 Å². The van der Waals surface area contributed by atoms with Crippen molar-refractivity contribution >= 4 is 29.5 Å². The number of benzene rings is 3. The molecule has 4 rings (SSSR count). The second-order valence-electron chi connectivity index (χ2n) is 11.0. The molecule has 1 saturated heterocycles. The molecule has 1 aliphatic rings. The van der Waals surface area contributed by atoms with Crippen molar-refractivity contribution in [2.45, 2.75) is 69.5 Å². The number of hydrogen-bond acceptors (Lipinski definition) is 5. The fourth-order valence-electron chi connectivity index (χ4n) is 5.13. The summed E-state index contributed by atoms with van der Waals surface area (Å²) in [6.45, 7) is 6.20. The van der Waals surface area contributed by atoms with E-state index in [1.165, 1.54) is 16.7 Å². The summed E-state index contributed by atoms with van der Waals surface area (Å²) in [7, 11) is 0. The van der Waals surface area contributed by atoms with Crippen LogP contribution in [0.4, 0.5) is 0 Å². The van der Waals surface area contributed by atoms with Crippen LogP contribution in [0.5, 0.6) is 0 Å². The van der Waals surface area contributed by atoms with Gasteiger partial charge >= 0.3 is 0 Å². The summed E-state index contributed by atoms with van der Waals surface area (Å²) in [5.74, 6) is -0.810. The van der Waals surface area contributed by atoms with Gasteiger partial charge in [0, 0.05) is 17.7 Å². The summed E-state index contributed by atoms with van der Waals surface area (Å²) in [5, 5.41) is 17.3. The summed E-state index contributed by atoms with van der Waals surface area (Å²) in [4.78, 5) is 41.7. The van der Waals surface area contributed by atoms with Gasteiger partial charge in [-0.3, -0.25) is 14.4 Å². The molecule has 3 N–H and O–H groups in total. The SMILES string of the molecule is Cc1ccccc1CNC(=O)C1N(C(=O)C(O)C(Cc2ccccc2)NC(=O)CCc2ccccc2)CSC1(C)C. The maximum Gasteiger partial charge on any atom is 0.254 e. The lowest BCUT2D eigenvalue weighted by Gasteiger charge is -2.33. The van der Waals surface area contributed by atoms with E-state index in [9.17, 15) is 19.5 Å². The number of carbonyl (C=O) groups is 3. The Morgan fingerprint density at radius 1 is 0.951 bits per heavy atom. The van der Waals surface area contributed by atoms with Crippen LogP contribution in [0.1, 0.15) is 42.5 Å². The zero-order valence-electron chi connectivity index (χ0n) is 23.9. The predicted molar refractivity (Wildman–Crippen MR) is 163 cm³/mol. The minimum Gasteiger partial charge on any atom is -0.381 e. The van der Waals surface area contributed by atoms with E-state index in [-0.39, 0.29) is 30.5 Å². The molecule has 0 saturated carbocycles. The fraction of sp³-hybridized carbons (Fsp3) is 0.364. The number of thioether (sulfide) groups is 1. The van der Waals surface area contributed by atoms with E-state index >= 15 is 0 Å². The lowest BCUT2D eigenvalue weighted by molar-refractivity contribution is -0.147. The zero-order valence-corrected chi connectivity index (χ0v) is 24.7. The van der Waals surface area contributed by atoms with Gasteiger partial charge in [-0.15, -0.1) is 11.8 Å².